The normalized spacial score (nSPS) is 11.2. The molecule has 0 aliphatic rings. The highest BCUT2D eigenvalue weighted by atomic mass is 16.1. The van der Waals surface area contributed by atoms with E-state index >= 15 is 0 Å². The van der Waals surface area contributed by atoms with Gasteiger partial charge in [0, 0.05) is 25.1 Å². The Balaban J connectivity index is 1.80. The second-order valence-electron chi connectivity index (χ2n) is 5.08. The maximum Gasteiger partial charge on any atom is 0.223 e. The van der Waals surface area contributed by atoms with Gasteiger partial charge in [-0.1, -0.05) is 19.9 Å². The molecule has 0 saturated heterocycles. The first-order valence-corrected chi connectivity index (χ1v) is 7.45. The van der Waals surface area contributed by atoms with E-state index < -0.39 is 0 Å². The van der Waals surface area contributed by atoms with Gasteiger partial charge >= 0.3 is 0 Å². The zero-order chi connectivity index (χ0) is 14.4. The molecule has 1 amide bonds. The number of imidazole rings is 1. The van der Waals surface area contributed by atoms with Crippen LogP contribution in [0.4, 0.5) is 0 Å². The summed E-state index contributed by atoms with van der Waals surface area (Å²) < 4.78 is 2.10. The molecule has 0 bridgehead atoms. The third-order valence-corrected chi connectivity index (χ3v) is 3.75. The zero-order valence-electron chi connectivity index (χ0n) is 12.3. The van der Waals surface area contributed by atoms with Crippen molar-refractivity contribution in [1.82, 2.24) is 14.7 Å². The van der Waals surface area contributed by atoms with Crippen molar-refractivity contribution in [1.29, 1.82) is 0 Å². The van der Waals surface area contributed by atoms with Gasteiger partial charge in [-0.05, 0) is 31.4 Å². The number of nitrogens with zero attached hydrogens (tertiary/aromatic N) is 2. The molecule has 0 spiro atoms. The lowest BCUT2D eigenvalue weighted by Crippen LogP contribution is -2.31. The Morgan fingerprint density at radius 3 is 2.90 bits per heavy atom. The lowest BCUT2D eigenvalue weighted by molar-refractivity contribution is -0.125. The van der Waals surface area contributed by atoms with E-state index in [0.717, 1.165) is 43.6 Å². The van der Waals surface area contributed by atoms with Crippen LogP contribution < -0.4 is 5.32 Å². The van der Waals surface area contributed by atoms with Crippen molar-refractivity contribution in [3.8, 4) is 0 Å². The molecule has 0 radical (unpaired) electrons. The van der Waals surface area contributed by atoms with Crippen LogP contribution >= 0.6 is 0 Å². The molecule has 0 unspecified atom stereocenters. The fourth-order valence-electron chi connectivity index (χ4n) is 2.45. The van der Waals surface area contributed by atoms with Crippen molar-refractivity contribution in [2.45, 2.75) is 39.5 Å². The molecule has 4 heteroatoms. The molecule has 0 saturated carbocycles. The van der Waals surface area contributed by atoms with Crippen LogP contribution in [0.3, 0.4) is 0 Å². The highest BCUT2D eigenvalue weighted by Gasteiger charge is 2.13. The largest absolute Gasteiger partial charge is 0.356 e. The molecule has 2 aromatic rings. The second kappa shape index (κ2) is 7.08. The molecule has 20 heavy (non-hydrogen) atoms. The van der Waals surface area contributed by atoms with Crippen LogP contribution in [0.1, 0.15) is 38.9 Å². The van der Waals surface area contributed by atoms with E-state index in [4.69, 9.17) is 0 Å². The fourth-order valence-corrected chi connectivity index (χ4v) is 2.45. The van der Waals surface area contributed by atoms with Crippen LogP contribution in [0.25, 0.3) is 5.52 Å². The molecule has 0 aliphatic heterocycles. The average molecular weight is 273 g/mol. The lowest BCUT2D eigenvalue weighted by atomic mass is 10.0. The Morgan fingerprint density at radius 2 is 2.15 bits per heavy atom. The van der Waals surface area contributed by atoms with Crippen LogP contribution in [0.2, 0.25) is 0 Å². The second-order valence-corrected chi connectivity index (χ2v) is 5.08. The van der Waals surface area contributed by atoms with Crippen LogP contribution in [-0.4, -0.2) is 21.8 Å². The minimum Gasteiger partial charge on any atom is -0.356 e. The Hall–Kier alpha value is -1.84. The number of amides is 1. The number of fused-ring (bicyclic) bond motifs is 1. The smallest absolute Gasteiger partial charge is 0.223 e. The van der Waals surface area contributed by atoms with E-state index in [1.54, 1.807) is 0 Å². The van der Waals surface area contributed by atoms with Crippen molar-refractivity contribution in [2.24, 2.45) is 5.92 Å². The molecule has 2 rings (SSSR count). The third-order valence-electron chi connectivity index (χ3n) is 3.75. The van der Waals surface area contributed by atoms with Gasteiger partial charge in [0.05, 0.1) is 11.7 Å². The number of carbonyl (C=O) groups excluding carboxylic acids is 1. The standard InChI is InChI=1S/C16H23N3O/c1-3-13(4-2)16(20)17-10-7-9-15-18-12-14-8-5-6-11-19(14)15/h5-6,8,11-13H,3-4,7,9-10H2,1-2H3,(H,17,20). The van der Waals surface area contributed by atoms with Gasteiger partial charge in [0.2, 0.25) is 5.91 Å². The molecule has 0 fully saturated rings. The Bertz CT molecular complexity index is 558. The minimum absolute atomic E-state index is 0.155. The summed E-state index contributed by atoms with van der Waals surface area (Å²) in [5.41, 5.74) is 1.11. The monoisotopic (exact) mass is 273 g/mol. The number of hydrogen-bond donors (Lipinski definition) is 1. The maximum atomic E-state index is 11.8. The van der Waals surface area contributed by atoms with Gasteiger partial charge in [0.1, 0.15) is 5.82 Å². The van der Waals surface area contributed by atoms with Gasteiger partial charge < -0.3 is 9.72 Å². The molecule has 4 nitrogen and oxygen atoms in total. The molecule has 2 heterocycles. The Kier molecular flexibility index (Phi) is 5.16. The average Bonchev–Trinajstić information content (AvgIpc) is 2.88. The quantitative estimate of drug-likeness (QED) is 0.788. The first-order chi connectivity index (χ1) is 9.76. The predicted molar refractivity (Wildman–Crippen MR) is 80.6 cm³/mol. The van der Waals surface area contributed by atoms with Gasteiger partial charge in [0.15, 0.2) is 0 Å². The molecule has 2 aromatic heterocycles. The van der Waals surface area contributed by atoms with Crippen LogP contribution in [0, 0.1) is 5.92 Å². The van der Waals surface area contributed by atoms with Crippen LogP contribution in [0.5, 0.6) is 0 Å². The van der Waals surface area contributed by atoms with E-state index in [-0.39, 0.29) is 11.8 Å². The SMILES string of the molecule is CCC(CC)C(=O)NCCCc1ncc2ccccn12. The number of rotatable bonds is 7. The topological polar surface area (TPSA) is 46.4 Å². The van der Waals surface area contributed by atoms with Crippen molar-refractivity contribution in [3.63, 3.8) is 0 Å². The van der Waals surface area contributed by atoms with Gasteiger partial charge in [-0.25, -0.2) is 4.98 Å². The molecule has 0 aliphatic carbocycles. The summed E-state index contributed by atoms with van der Waals surface area (Å²) in [6.07, 6.45) is 7.53. The van der Waals surface area contributed by atoms with Crippen molar-refractivity contribution >= 4 is 11.4 Å². The fraction of sp³-hybridized carbons (Fsp3) is 0.500. The molecule has 0 atom stereocenters. The Morgan fingerprint density at radius 1 is 1.35 bits per heavy atom. The summed E-state index contributed by atoms with van der Waals surface area (Å²) in [5, 5.41) is 3.02. The van der Waals surface area contributed by atoms with Gasteiger partial charge in [-0.3, -0.25) is 4.79 Å². The third kappa shape index (κ3) is 3.38. The summed E-state index contributed by atoms with van der Waals surface area (Å²) >= 11 is 0. The molecule has 1 N–H and O–H groups in total. The zero-order valence-corrected chi connectivity index (χ0v) is 12.3. The summed E-state index contributed by atoms with van der Waals surface area (Å²) in [6, 6.07) is 6.06. The first-order valence-electron chi connectivity index (χ1n) is 7.45. The van der Waals surface area contributed by atoms with Crippen molar-refractivity contribution < 1.29 is 4.79 Å². The number of hydrogen-bond acceptors (Lipinski definition) is 2. The summed E-state index contributed by atoms with van der Waals surface area (Å²) in [6.45, 7) is 4.84. The first kappa shape index (κ1) is 14.6. The van der Waals surface area contributed by atoms with Crippen LogP contribution in [-0.2, 0) is 11.2 Å². The lowest BCUT2D eigenvalue weighted by Gasteiger charge is -2.12. The van der Waals surface area contributed by atoms with Crippen molar-refractivity contribution in [3.05, 3.63) is 36.4 Å². The number of aromatic nitrogens is 2. The van der Waals surface area contributed by atoms with E-state index in [1.807, 2.05) is 30.6 Å². The van der Waals surface area contributed by atoms with E-state index in [1.165, 1.54) is 0 Å². The summed E-state index contributed by atoms with van der Waals surface area (Å²) in [4.78, 5) is 16.3. The van der Waals surface area contributed by atoms with Crippen molar-refractivity contribution in [2.75, 3.05) is 6.54 Å². The summed E-state index contributed by atoms with van der Waals surface area (Å²) in [7, 11) is 0. The molecule has 0 aromatic carbocycles. The van der Waals surface area contributed by atoms with E-state index in [9.17, 15) is 4.79 Å². The molecule has 108 valence electrons. The highest BCUT2D eigenvalue weighted by Crippen LogP contribution is 2.09. The number of nitrogens with one attached hydrogen (secondary N) is 1. The molecular weight excluding hydrogens is 250 g/mol. The van der Waals surface area contributed by atoms with E-state index in [2.05, 4.69) is 28.5 Å². The highest BCUT2D eigenvalue weighted by molar-refractivity contribution is 5.78. The molecular formula is C16H23N3O. The van der Waals surface area contributed by atoms with Gasteiger partial charge in [0.25, 0.3) is 0 Å². The summed E-state index contributed by atoms with van der Waals surface area (Å²) in [5.74, 6) is 1.39. The van der Waals surface area contributed by atoms with Gasteiger partial charge in [-0.2, -0.15) is 0 Å². The van der Waals surface area contributed by atoms with Crippen LogP contribution in [0.15, 0.2) is 30.6 Å². The maximum absolute atomic E-state index is 11.8. The van der Waals surface area contributed by atoms with Gasteiger partial charge in [-0.15, -0.1) is 0 Å². The number of aryl methyl sites for hydroxylation is 1. The predicted octanol–water partition coefficient (Wildman–Crippen LogP) is 2.82. The Labute approximate surface area is 120 Å². The number of pyridine rings is 1. The van der Waals surface area contributed by atoms with E-state index in [0.29, 0.717) is 0 Å². The number of carbonyl (C=O) groups is 1. The minimum atomic E-state index is 0.155.